The molecule has 4 rings (SSSR count). The summed E-state index contributed by atoms with van der Waals surface area (Å²) >= 11 is 3.46. The molecule has 4 aromatic carbocycles. The molecule has 0 aromatic heterocycles. The molecule has 0 saturated carbocycles. The van der Waals surface area contributed by atoms with Crippen LogP contribution in [0.4, 0.5) is 0 Å². The molecule has 0 radical (unpaired) electrons. The maximum atomic E-state index is 10.6. The fraction of sp³-hybridized carbons (Fsp3) is 0.242. The Morgan fingerprint density at radius 3 is 1.06 bits per heavy atom. The van der Waals surface area contributed by atoms with Gasteiger partial charge < -0.3 is 0 Å². The lowest BCUT2D eigenvalue weighted by molar-refractivity contribution is 0.112. The Bertz CT molecular complexity index is 1220. The quantitative estimate of drug-likeness (QED) is 0.242. The number of carbonyl (C=O) groups excluding carboxylic acids is 1. The molecule has 0 N–H and O–H groups in total. The van der Waals surface area contributed by atoms with Gasteiger partial charge in [0.25, 0.3) is 0 Å². The summed E-state index contributed by atoms with van der Waals surface area (Å²) in [7, 11) is 0. The lowest BCUT2D eigenvalue weighted by Crippen LogP contribution is -2.10. The van der Waals surface area contributed by atoms with Crippen LogP contribution in [0.25, 0.3) is 22.3 Å². The number of aldehydes is 1. The van der Waals surface area contributed by atoms with Gasteiger partial charge in [0.2, 0.25) is 0 Å². The summed E-state index contributed by atoms with van der Waals surface area (Å²) in [6.45, 7) is 13.3. The van der Waals surface area contributed by atoms with E-state index in [1.807, 2.05) is 24.3 Å². The second kappa shape index (κ2) is 11.2. The Kier molecular flexibility index (Phi) is 8.51. The second-order valence-electron chi connectivity index (χ2n) is 10.9. The molecule has 0 aliphatic carbocycles. The van der Waals surface area contributed by atoms with Gasteiger partial charge in [0.15, 0.2) is 0 Å². The first-order valence-corrected chi connectivity index (χ1v) is 12.8. The molecule has 1 nitrogen and oxygen atoms in total. The summed E-state index contributed by atoms with van der Waals surface area (Å²) in [4.78, 5) is 10.6. The number of carbonyl (C=O) groups is 1. The fourth-order valence-corrected chi connectivity index (χ4v) is 3.99. The first kappa shape index (κ1) is 26.6. The monoisotopic (exact) mass is 526 g/mol. The van der Waals surface area contributed by atoms with Crippen LogP contribution in [0.2, 0.25) is 0 Å². The zero-order valence-corrected chi connectivity index (χ0v) is 23.2. The molecule has 0 aliphatic heterocycles. The number of benzene rings is 4. The van der Waals surface area contributed by atoms with Crippen molar-refractivity contribution in [1.29, 1.82) is 0 Å². The van der Waals surface area contributed by atoms with Gasteiger partial charge in [0, 0.05) is 10.0 Å². The number of rotatable bonds is 3. The molecule has 4 aromatic rings. The van der Waals surface area contributed by atoms with E-state index in [4.69, 9.17) is 0 Å². The summed E-state index contributed by atoms with van der Waals surface area (Å²) in [5, 5.41) is 0. The predicted molar refractivity (Wildman–Crippen MR) is 154 cm³/mol. The third-order valence-corrected chi connectivity index (χ3v) is 6.59. The standard InChI is InChI=1S/C17H18O.C16H17Br/c1-17(2,3)16-10-8-15(9-11-16)14-6-4-13(12-18)5-7-14;1-16(2,3)14-8-4-12(5-9-14)13-6-10-15(17)11-7-13/h4-12H,1-3H3;4-11H,1-3H3. The molecule has 0 aliphatic rings. The minimum Gasteiger partial charge on any atom is -0.298 e. The van der Waals surface area contributed by atoms with E-state index in [9.17, 15) is 4.79 Å². The average molecular weight is 528 g/mol. The van der Waals surface area contributed by atoms with Crippen molar-refractivity contribution in [1.82, 2.24) is 0 Å². The van der Waals surface area contributed by atoms with Crippen LogP contribution in [-0.2, 0) is 10.8 Å². The normalized spacial score (nSPS) is 11.4. The molecular weight excluding hydrogens is 492 g/mol. The van der Waals surface area contributed by atoms with Crippen LogP contribution in [-0.4, -0.2) is 6.29 Å². The van der Waals surface area contributed by atoms with E-state index in [-0.39, 0.29) is 10.8 Å². The lowest BCUT2D eigenvalue weighted by atomic mass is 9.86. The van der Waals surface area contributed by atoms with Gasteiger partial charge in [-0.2, -0.15) is 0 Å². The smallest absolute Gasteiger partial charge is 0.150 e. The largest absolute Gasteiger partial charge is 0.298 e. The molecule has 35 heavy (non-hydrogen) atoms. The van der Waals surface area contributed by atoms with Crippen molar-refractivity contribution >= 4 is 22.2 Å². The van der Waals surface area contributed by atoms with E-state index >= 15 is 0 Å². The van der Waals surface area contributed by atoms with Crippen molar-refractivity contribution in [3.8, 4) is 22.3 Å². The highest BCUT2D eigenvalue weighted by Gasteiger charge is 2.13. The predicted octanol–water partition coefficient (Wildman–Crippen LogP) is 9.88. The van der Waals surface area contributed by atoms with E-state index in [2.05, 4.69) is 130 Å². The second-order valence-corrected chi connectivity index (χ2v) is 11.8. The highest BCUT2D eigenvalue weighted by molar-refractivity contribution is 9.10. The molecule has 0 heterocycles. The molecule has 0 bridgehead atoms. The lowest BCUT2D eigenvalue weighted by Gasteiger charge is -2.19. The Balaban J connectivity index is 0.000000196. The molecule has 2 heteroatoms. The van der Waals surface area contributed by atoms with Gasteiger partial charge in [-0.25, -0.2) is 0 Å². The van der Waals surface area contributed by atoms with Crippen LogP contribution < -0.4 is 0 Å². The Hall–Kier alpha value is -2.97. The highest BCUT2D eigenvalue weighted by atomic mass is 79.9. The van der Waals surface area contributed by atoms with Gasteiger partial charge >= 0.3 is 0 Å². The van der Waals surface area contributed by atoms with Crippen LogP contribution in [0.15, 0.2) is 102 Å². The summed E-state index contributed by atoms with van der Waals surface area (Å²) in [6.07, 6.45) is 0.868. The zero-order valence-electron chi connectivity index (χ0n) is 21.6. The number of hydrogen-bond acceptors (Lipinski definition) is 1. The van der Waals surface area contributed by atoms with E-state index in [0.717, 1.165) is 16.3 Å². The van der Waals surface area contributed by atoms with Gasteiger partial charge in [-0.15, -0.1) is 0 Å². The van der Waals surface area contributed by atoms with Crippen molar-refractivity contribution < 1.29 is 4.79 Å². The molecule has 0 unspecified atom stereocenters. The SMILES string of the molecule is CC(C)(C)c1ccc(-c2ccc(Br)cc2)cc1.CC(C)(C)c1ccc(-c2ccc(C=O)cc2)cc1. The summed E-state index contributed by atoms with van der Waals surface area (Å²) in [5.41, 5.74) is 8.66. The van der Waals surface area contributed by atoms with Crippen molar-refractivity contribution in [3.05, 3.63) is 118 Å². The van der Waals surface area contributed by atoms with Gasteiger partial charge in [-0.1, -0.05) is 142 Å². The molecular formula is C33H35BrO. The molecule has 0 saturated heterocycles. The van der Waals surface area contributed by atoms with Gasteiger partial charge in [-0.3, -0.25) is 4.79 Å². The van der Waals surface area contributed by atoms with Gasteiger partial charge in [-0.05, 0) is 56.3 Å². The third kappa shape index (κ3) is 7.50. The minimum absolute atomic E-state index is 0.180. The maximum Gasteiger partial charge on any atom is 0.150 e. The van der Waals surface area contributed by atoms with Crippen molar-refractivity contribution in [2.24, 2.45) is 0 Å². The topological polar surface area (TPSA) is 17.1 Å². The van der Waals surface area contributed by atoms with Crippen molar-refractivity contribution in [3.63, 3.8) is 0 Å². The highest BCUT2D eigenvalue weighted by Crippen LogP contribution is 2.27. The van der Waals surface area contributed by atoms with Crippen LogP contribution >= 0.6 is 15.9 Å². The maximum absolute atomic E-state index is 10.6. The summed E-state index contributed by atoms with van der Waals surface area (Å²) < 4.78 is 1.12. The van der Waals surface area contributed by atoms with Crippen molar-refractivity contribution in [2.75, 3.05) is 0 Å². The zero-order chi connectivity index (χ0) is 25.6. The van der Waals surface area contributed by atoms with Crippen LogP contribution in [0.5, 0.6) is 0 Å². The average Bonchev–Trinajstić information content (AvgIpc) is 2.84. The first-order valence-electron chi connectivity index (χ1n) is 12.0. The number of hydrogen-bond donors (Lipinski definition) is 0. The van der Waals surface area contributed by atoms with E-state index < -0.39 is 0 Å². The Morgan fingerprint density at radius 2 is 0.771 bits per heavy atom. The Labute approximate surface area is 219 Å². The minimum atomic E-state index is 0.180. The van der Waals surface area contributed by atoms with Gasteiger partial charge in [0.1, 0.15) is 6.29 Å². The molecule has 180 valence electrons. The molecule has 0 amide bonds. The fourth-order valence-electron chi connectivity index (χ4n) is 3.72. The summed E-state index contributed by atoms with van der Waals surface area (Å²) in [5.74, 6) is 0. The van der Waals surface area contributed by atoms with Crippen LogP contribution in [0.1, 0.15) is 63.0 Å². The molecule has 0 spiro atoms. The van der Waals surface area contributed by atoms with Crippen LogP contribution in [0, 0.1) is 0 Å². The third-order valence-electron chi connectivity index (χ3n) is 6.06. The van der Waals surface area contributed by atoms with E-state index in [1.54, 1.807) is 0 Å². The summed E-state index contributed by atoms with van der Waals surface area (Å²) in [6, 6.07) is 33.5. The Morgan fingerprint density at radius 1 is 0.486 bits per heavy atom. The van der Waals surface area contributed by atoms with E-state index in [0.29, 0.717) is 5.56 Å². The van der Waals surface area contributed by atoms with Crippen LogP contribution in [0.3, 0.4) is 0 Å². The van der Waals surface area contributed by atoms with Crippen molar-refractivity contribution in [2.45, 2.75) is 52.4 Å². The molecule has 0 atom stereocenters. The molecule has 0 fully saturated rings. The van der Waals surface area contributed by atoms with E-state index in [1.165, 1.54) is 27.8 Å². The first-order chi connectivity index (χ1) is 16.5. The number of halogens is 1. The van der Waals surface area contributed by atoms with Gasteiger partial charge in [0.05, 0.1) is 0 Å².